The SMILES string of the molecule is Cc1ccc(C(=O)c2cccc(C(C)C(=O)O)c2)cc1. The predicted octanol–water partition coefficient (Wildman–Crippen LogP) is 3.41. The molecule has 0 amide bonds. The van der Waals surface area contributed by atoms with Crippen LogP contribution >= 0.6 is 0 Å². The van der Waals surface area contributed by atoms with Crippen molar-refractivity contribution in [3.05, 3.63) is 70.8 Å². The van der Waals surface area contributed by atoms with Crippen LogP contribution in [0.15, 0.2) is 48.5 Å². The molecule has 102 valence electrons. The van der Waals surface area contributed by atoms with Crippen molar-refractivity contribution in [1.82, 2.24) is 0 Å². The van der Waals surface area contributed by atoms with Crippen molar-refractivity contribution in [3.63, 3.8) is 0 Å². The summed E-state index contributed by atoms with van der Waals surface area (Å²) in [6.07, 6.45) is 0. The van der Waals surface area contributed by atoms with Gasteiger partial charge in [0.05, 0.1) is 5.92 Å². The number of rotatable bonds is 4. The largest absolute Gasteiger partial charge is 0.481 e. The normalized spacial score (nSPS) is 11.9. The molecule has 1 N–H and O–H groups in total. The highest BCUT2D eigenvalue weighted by Gasteiger charge is 2.16. The van der Waals surface area contributed by atoms with Crippen LogP contribution < -0.4 is 0 Å². The molecule has 0 bridgehead atoms. The first kappa shape index (κ1) is 14.0. The number of carbonyl (C=O) groups is 2. The highest BCUT2D eigenvalue weighted by molar-refractivity contribution is 6.09. The molecule has 0 aliphatic carbocycles. The van der Waals surface area contributed by atoms with E-state index in [0.717, 1.165) is 5.56 Å². The summed E-state index contributed by atoms with van der Waals surface area (Å²) in [5.74, 6) is -1.62. The van der Waals surface area contributed by atoms with Crippen LogP contribution in [0.4, 0.5) is 0 Å². The molecule has 0 aromatic heterocycles. The lowest BCUT2D eigenvalue weighted by molar-refractivity contribution is -0.138. The second-order valence-corrected chi connectivity index (χ2v) is 4.88. The predicted molar refractivity (Wildman–Crippen MR) is 77.1 cm³/mol. The first-order chi connectivity index (χ1) is 9.49. The third-order valence-electron chi connectivity index (χ3n) is 3.33. The van der Waals surface area contributed by atoms with Crippen molar-refractivity contribution >= 4 is 11.8 Å². The van der Waals surface area contributed by atoms with Crippen LogP contribution in [-0.2, 0) is 4.79 Å². The van der Waals surface area contributed by atoms with Gasteiger partial charge in [-0.2, -0.15) is 0 Å². The molecule has 0 spiro atoms. The van der Waals surface area contributed by atoms with Crippen LogP contribution in [-0.4, -0.2) is 16.9 Å². The van der Waals surface area contributed by atoms with Crippen LogP contribution in [0, 0.1) is 6.92 Å². The van der Waals surface area contributed by atoms with Crippen molar-refractivity contribution in [1.29, 1.82) is 0 Å². The molecular weight excluding hydrogens is 252 g/mol. The van der Waals surface area contributed by atoms with E-state index in [1.165, 1.54) is 0 Å². The smallest absolute Gasteiger partial charge is 0.310 e. The van der Waals surface area contributed by atoms with Crippen molar-refractivity contribution < 1.29 is 14.7 Å². The number of carboxylic acid groups (broad SMARTS) is 1. The molecule has 0 saturated carbocycles. The Morgan fingerprint density at radius 2 is 1.65 bits per heavy atom. The van der Waals surface area contributed by atoms with E-state index in [9.17, 15) is 9.59 Å². The van der Waals surface area contributed by atoms with E-state index >= 15 is 0 Å². The third-order valence-corrected chi connectivity index (χ3v) is 3.33. The zero-order chi connectivity index (χ0) is 14.7. The molecule has 20 heavy (non-hydrogen) atoms. The zero-order valence-electron chi connectivity index (χ0n) is 11.5. The molecular formula is C17H16O3. The minimum Gasteiger partial charge on any atom is -0.481 e. The highest BCUT2D eigenvalue weighted by Crippen LogP contribution is 2.19. The monoisotopic (exact) mass is 268 g/mol. The number of aliphatic carboxylic acids is 1. The molecule has 0 saturated heterocycles. The maximum atomic E-state index is 12.4. The summed E-state index contributed by atoms with van der Waals surface area (Å²) < 4.78 is 0. The van der Waals surface area contributed by atoms with Crippen LogP contribution in [0.2, 0.25) is 0 Å². The Hall–Kier alpha value is -2.42. The molecule has 2 aromatic carbocycles. The summed E-state index contributed by atoms with van der Waals surface area (Å²) >= 11 is 0. The summed E-state index contributed by atoms with van der Waals surface area (Å²) in [6.45, 7) is 3.57. The molecule has 1 atom stereocenters. The van der Waals surface area contributed by atoms with Gasteiger partial charge in [-0.15, -0.1) is 0 Å². The van der Waals surface area contributed by atoms with Crippen molar-refractivity contribution in [3.8, 4) is 0 Å². The number of carboxylic acids is 1. The Labute approximate surface area is 117 Å². The fourth-order valence-corrected chi connectivity index (χ4v) is 1.96. The van der Waals surface area contributed by atoms with Gasteiger partial charge < -0.3 is 5.11 Å². The average Bonchev–Trinajstić information content (AvgIpc) is 2.46. The Bertz CT molecular complexity index is 642. The average molecular weight is 268 g/mol. The van der Waals surface area contributed by atoms with Gasteiger partial charge in [-0.05, 0) is 25.5 Å². The zero-order valence-corrected chi connectivity index (χ0v) is 11.5. The number of carbonyl (C=O) groups excluding carboxylic acids is 1. The second kappa shape index (κ2) is 5.70. The Balaban J connectivity index is 2.33. The lowest BCUT2D eigenvalue weighted by atomic mass is 9.95. The third kappa shape index (κ3) is 2.94. The Morgan fingerprint density at radius 3 is 2.25 bits per heavy atom. The van der Waals surface area contributed by atoms with Crippen molar-refractivity contribution in [2.75, 3.05) is 0 Å². The van der Waals surface area contributed by atoms with E-state index in [-0.39, 0.29) is 5.78 Å². The number of benzene rings is 2. The topological polar surface area (TPSA) is 54.4 Å². The van der Waals surface area contributed by atoms with Crippen LogP contribution in [0.1, 0.15) is 39.9 Å². The van der Waals surface area contributed by atoms with Crippen LogP contribution in [0.5, 0.6) is 0 Å². The lowest BCUT2D eigenvalue weighted by Gasteiger charge is -2.08. The Morgan fingerprint density at radius 1 is 1.00 bits per heavy atom. The summed E-state index contributed by atoms with van der Waals surface area (Å²) in [4.78, 5) is 23.4. The van der Waals surface area contributed by atoms with Gasteiger partial charge in [0.15, 0.2) is 5.78 Å². The first-order valence-electron chi connectivity index (χ1n) is 6.43. The van der Waals surface area contributed by atoms with Crippen molar-refractivity contribution in [2.24, 2.45) is 0 Å². The second-order valence-electron chi connectivity index (χ2n) is 4.88. The van der Waals surface area contributed by atoms with Gasteiger partial charge >= 0.3 is 5.97 Å². The van der Waals surface area contributed by atoms with E-state index in [2.05, 4.69) is 0 Å². The number of aryl methyl sites for hydroxylation is 1. The van der Waals surface area contributed by atoms with Gasteiger partial charge in [-0.1, -0.05) is 48.0 Å². The van der Waals surface area contributed by atoms with Gasteiger partial charge in [-0.25, -0.2) is 0 Å². The molecule has 1 unspecified atom stereocenters. The molecule has 2 rings (SSSR count). The summed E-state index contributed by atoms with van der Waals surface area (Å²) in [5, 5.41) is 9.03. The summed E-state index contributed by atoms with van der Waals surface area (Å²) in [7, 11) is 0. The standard InChI is InChI=1S/C17H16O3/c1-11-6-8-13(9-7-11)16(18)15-5-3-4-14(10-15)12(2)17(19)20/h3-10,12H,1-2H3,(H,19,20). The molecule has 2 aromatic rings. The first-order valence-corrected chi connectivity index (χ1v) is 6.43. The van der Waals surface area contributed by atoms with E-state index < -0.39 is 11.9 Å². The number of hydrogen-bond acceptors (Lipinski definition) is 2. The fourth-order valence-electron chi connectivity index (χ4n) is 1.96. The highest BCUT2D eigenvalue weighted by atomic mass is 16.4. The molecule has 3 nitrogen and oxygen atoms in total. The molecule has 0 aliphatic rings. The molecule has 0 aliphatic heterocycles. The number of hydrogen-bond donors (Lipinski definition) is 1. The van der Waals surface area contributed by atoms with Crippen LogP contribution in [0.25, 0.3) is 0 Å². The lowest BCUT2D eigenvalue weighted by Crippen LogP contribution is -2.09. The quantitative estimate of drug-likeness (QED) is 0.864. The maximum Gasteiger partial charge on any atom is 0.310 e. The Kier molecular flexibility index (Phi) is 3.99. The van der Waals surface area contributed by atoms with Gasteiger partial charge in [0, 0.05) is 11.1 Å². The molecule has 0 heterocycles. The van der Waals surface area contributed by atoms with E-state index in [1.807, 2.05) is 19.1 Å². The van der Waals surface area contributed by atoms with E-state index in [0.29, 0.717) is 16.7 Å². The minimum atomic E-state index is -0.898. The molecule has 3 heteroatoms. The minimum absolute atomic E-state index is 0.0931. The van der Waals surface area contributed by atoms with Gasteiger partial charge in [0.25, 0.3) is 0 Å². The summed E-state index contributed by atoms with van der Waals surface area (Å²) in [5.41, 5.74) is 2.85. The van der Waals surface area contributed by atoms with E-state index in [1.54, 1.807) is 43.3 Å². The molecule has 0 radical (unpaired) electrons. The van der Waals surface area contributed by atoms with Gasteiger partial charge in [0.1, 0.15) is 0 Å². The molecule has 0 fully saturated rings. The van der Waals surface area contributed by atoms with Gasteiger partial charge in [0.2, 0.25) is 0 Å². The fraction of sp³-hybridized carbons (Fsp3) is 0.176. The van der Waals surface area contributed by atoms with Crippen LogP contribution in [0.3, 0.4) is 0 Å². The number of ketones is 1. The maximum absolute atomic E-state index is 12.4. The van der Waals surface area contributed by atoms with E-state index in [4.69, 9.17) is 5.11 Å². The summed E-state index contributed by atoms with van der Waals surface area (Å²) in [6, 6.07) is 14.1. The van der Waals surface area contributed by atoms with Crippen molar-refractivity contribution in [2.45, 2.75) is 19.8 Å². The van der Waals surface area contributed by atoms with Gasteiger partial charge in [-0.3, -0.25) is 9.59 Å².